The third-order valence-corrected chi connectivity index (χ3v) is 15.4. The lowest BCUT2D eigenvalue weighted by molar-refractivity contribution is 0.730. The van der Waals surface area contributed by atoms with Gasteiger partial charge in [-0.3, -0.25) is 0 Å². The molecule has 5 aliphatic carbocycles. The average Bonchev–Trinajstić information content (AvgIpc) is 3.93. The van der Waals surface area contributed by atoms with Crippen LogP contribution in [0, 0.1) is 5.92 Å². The van der Waals surface area contributed by atoms with Crippen LogP contribution in [-0.2, 0) is 5.41 Å². The lowest BCUT2D eigenvalue weighted by Gasteiger charge is -2.37. The molecule has 69 heavy (non-hydrogen) atoms. The highest BCUT2D eigenvalue weighted by Gasteiger charge is 2.47. The lowest BCUT2D eigenvalue weighted by atomic mass is 9.67. The van der Waals surface area contributed by atoms with Gasteiger partial charge in [-0.25, -0.2) is 0 Å². The van der Waals surface area contributed by atoms with Crippen molar-refractivity contribution < 1.29 is 0 Å². The molecular formula is C67H54N2. The quantitative estimate of drug-likeness (QED) is 0.140. The SMILES string of the molecule is C1=CCCC(c2c(C3=CCCC=C3)n(-c3ccc4c(c3)C(c3ccccc3)(c3ccccc3)c3cc(N(c5cccc6ccccc56)C5C=CC(C6C=CC=CC6)=CC5)ccc3-4)c3ccccc23)=C1. The fraction of sp³-hybridized carbons (Fsp3) is 0.134. The van der Waals surface area contributed by atoms with Gasteiger partial charge in [0.15, 0.2) is 0 Å². The highest BCUT2D eigenvalue weighted by atomic mass is 15.2. The zero-order valence-electron chi connectivity index (χ0n) is 38.9. The van der Waals surface area contributed by atoms with E-state index in [1.54, 1.807) is 0 Å². The molecule has 0 fully saturated rings. The van der Waals surface area contributed by atoms with Crippen molar-refractivity contribution in [1.29, 1.82) is 0 Å². The first kappa shape index (κ1) is 41.3. The second-order valence-electron chi connectivity index (χ2n) is 19.2. The minimum Gasteiger partial charge on any atom is -0.334 e. The maximum absolute atomic E-state index is 2.62. The van der Waals surface area contributed by atoms with E-state index in [-0.39, 0.29) is 6.04 Å². The molecule has 5 aliphatic rings. The molecule has 2 heteroatoms. The smallest absolute Gasteiger partial charge is 0.0715 e. The summed E-state index contributed by atoms with van der Waals surface area (Å²) >= 11 is 0. The molecule has 0 bridgehead atoms. The molecule has 0 aliphatic heterocycles. The summed E-state index contributed by atoms with van der Waals surface area (Å²) in [5.41, 5.74) is 18.7. The van der Waals surface area contributed by atoms with Crippen molar-refractivity contribution in [2.75, 3.05) is 4.90 Å². The minimum atomic E-state index is -0.618. The largest absolute Gasteiger partial charge is 0.334 e. The summed E-state index contributed by atoms with van der Waals surface area (Å²) in [5, 5.41) is 3.81. The van der Waals surface area contributed by atoms with Crippen molar-refractivity contribution >= 4 is 44.2 Å². The van der Waals surface area contributed by atoms with Crippen molar-refractivity contribution in [3.63, 3.8) is 0 Å². The molecule has 2 unspecified atom stereocenters. The summed E-state index contributed by atoms with van der Waals surface area (Å²) in [7, 11) is 0. The van der Waals surface area contributed by atoms with Gasteiger partial charge in [-0.15, -0.1) is 0 Å². The van der Waals surface area contributed by atoms with E-state index in [1.165, 1.54) is 100 Å². The molecule has 0 saturated heterocycles. The van der Waals surface area contributed by atoms with Crippen LogP contribution in [0.4, 0.5) is 11.4 Å². The third kappa shape index (κ3) is 6.84. The number of fused-ring (bicyclic) bond motifs is 5. The first-order valence-electron chi connectivity index (χ1n) is 25.0. The third-order valence-electron chi connectivity index (χ3n) is 15.4. The maximum atomic E-state index is 2.62. The zero-order valence-corrected chi connectivity index (χ0v) is 38.9. The zero-order chi connectivity index (χ0) is 45.7. The van der Waals surface area contributed by atoms with Crippen molar-refractivity contribution in [3.8, 4) is 16.8 Å². The molecule has 1 heterocycles. The van der Waals surface area contributed by atoms with Crippen LogP contribution in [0.15, 0.2) is 248 Å². The van der Waals surface area contributed by atoms with Crippen LogP contribution >= 0.6 is 0 Å². The van der Waals surface area contributed by atoms with Crippen LogP contribution in [-0.4, -0.2) is 10.6 Å². The van der Waals surface area contributed by atoms with Gasteiger partial charge in [0.1, 0.15) is 0 Å². The van der Waals surface area contributed by atoms with Gasteiger partial charge in [0, 0.05) is 39.3 Å². The van der Waals surface area contributed by atoms with E-state index in [4.69, 9.17) is 0 Å². The Kier molecular flexibility index (Phi) is 10.3. The van der Waals surface area contributed by atoms with Crippen LogP contribution in [0.25, 0.3) is 49.6 Å². The summed E-state index contributed by atoms with van der Waals surface area (Å²) in [5.74, 6) is 0.420. The number of para-hydroxylation sites is 1. The fourth-order valence-electron chi connectivity index (χ4n) is 12.3. The molecule has 332 valence electrons. The Morgan fingerprint density at radius 3 is 2.04 bits per heavy atom. The van der Waals surface area contributed by atoms with E-state index in [9.17, 15) is 0 Å². The average molecular weight is 887 g/mol. The van der Waals surface area contributed by atoms with Crippen LogP contribution in [0.5, 0.6) is 0 Å². The number of aromatic nitrogens is 1. The predicted octanol–water partition coefficient (Wildman–Crippen LogP) is 17.1. The van der Waals surface area contributed by atoms with Gasteiger partial charge in [-0.05, 0) is 130 Å². The highest BCUT2D eigenvalue weighted by molar-refractivity contribution is 6.03. The fourth-order valence-corrected chi connectivity index (χ4v) is 12.3. The number of hydrogen-bond acceptors (Lipinski definition) is 1. The van der Waals surface area contributed by atoms with E-state index in [2.05, 4.69) is 252 Å². The second kappa shape index (κ2) is 17.3. The first-order chi connectivity index (χ1) is 34.3. The molecule has 1 aromatic heterocycles. The number of hydrogen-bond donors (Lipinski definition) is 0. The van der Waals surface area contributed by atoms with Crippen molar-refractivity contribution in [3.05, 3.63) is 282 Å². The Labute approximate surface area is 406 Å². The van der Waals surface area contributed by atoms with Gasteiger partial charge in [-0.2, -0.15) is 0 Å². The predicted molar refractivity (Wildman–Crippen MR) is 291 cm³/mol. The summed E-state index contributed by atoms with van der Waals surface area (Å²) in [6.07, 6.45) is 36.6. The molecule has 0 radical (unpaired) electrons. The number of anilines is 2. The summed E-state index contributed by atoms with van der Waals surface area (Å²) in [6.45, 7) is 0. The number of nitrogens with zero attached hydrogens (tertiary/aromatic N) is 2. The van der Waals surface area contributed by atoms with Gasteiger partial charge in [0.25, 0.3) is 0 Å². The summed E-state index contributed by atoms with van der Waals surface area (Å²) in [4.78, 5) is 2.62. The first-order valence-corrected chi connectivity index (χ1v) is 25.0. The molecule has 0 saturated carbocycles. The second-order valence-corrected chi connectivity index (χ2v) is 19.2. The van der Waals surface area contributed by atoms with Crippen molar-refractivity contribution in [1.82, 2.24) is 4.57 Å². The molecule has 13 rings (SSSR count). The number of allylic oxidation sites excluding steroid dienone is 14. The Balaban J connectivity index is 1.05. The van der Waals surface area contributed by atoms with Crippen LogP contribution in [0.2, 0.25) is 0 Å². The summed E-state index contributed by atoms with van der Waals surface area (Å²) < 4.78 is 2.58. The van der Waals surface area contributed by atoms with E-state index in [1.807, 2.05) is 0 Å². The molecule has 2 nitrogen and oxygen atoms in total. The standard InChI is InChI=1S/C67H54N2/c1-6-21-47(22-7-1)48-37-39-54(40-38-48)68(63-36-20-28-49-23-16-17-33-57(49)63)55-41-43-58-59-44-42-56(46-62(59)67(61(58)45-55,52-29-12-4-13-30-52)53-31-14-5-15-32-53)69-64-35-19-18-34-60(64)65(50-24-8-2-9-25-50)66(69)51-26-10-3-11-27-51/h1-2,4-8,10,12-21,23-24,26-39,41-47,54H,3,9,11,22,25,40H2. The van der Waals surface area contributed by atoms with Crippen LogP contribution in [0.1, 0.15) is 72.0 Å². The molecule has 7 aromatic carbocycles. The number of benzene rings is 7. The topological polar surface area (TPSA) is 8.17 Å². The Morgan fingerprint density at radius 1 is 0.551 bits per heavy atom. The van der Waals surface area contributed by atoms with E-state index >= 15 is 0 Å². The lowest BCUT2D eigenvalue weighted by Crippen LogP contribution is -2.32. The highest BCUT2D eigenvalue weighted by Crippen LogP contribution is 2.58. The van der Waals surface area contributed by atoms with Gasteiger partial charge < -0.3 is 9.47 Å². The van der Waals surface area contributed by atoms with Crippen LogP contribution in [0.3, 0.4) is 0 Å². The molecule has 0 spiro atoms. The van der Waals surface area contributed by atoms with Crippen LogP contribution < -0.4 is 4.90 Å². The number of rotatable bonds is 9. The normalized spacial score (nSPS) is 18.8. The van der Waals surface area contributed by atoms with Crippen molar-refractivity contribution in [2.24, 2.45) is 5.92 Å². The minimum absolute atomic E-state index is 0.117. The molecular weight excluding hydrogens is 833 g/mol. The molecule has 0 N–H and O–H groups in total. The van der Waals surface area contributed by atoms with E-state index in [0.717, 1.165) is 38.5 Å². The molecule has 8 aromatic rings. The Bertz CT molecular complexity index is 3520. The van der Waals surface area contributed by atoms with Crippen molar-refractivity contribution in [2.45, 2.75) is 50.0 Å². The monoisotopic (exact) mass is 886 g/mol. The summed E-state index contributed by atoms with van der Waals surface area (Å²) in [6, 6.07) is 62.2. The molecule has 2 atom stereocenters. The molecule has 0 amide bonds. The Hall–Kier alpha value is -7.94. The Morgan fingerprint density at radius 2 is 1.30 bits per heavy atom. The van der Waals surface area contributed by atoms with Gasteiger partial charge in [0.05, 0.1) is 22.7 Å². The maximum Gasteiger partial charge on any atom is 0.0715 e. The van der Waals surface area contributed by atoms with E-state index < -0.39 is 5.41 Å². The van der Waals surface area contributed by atoms with Gasteiger partial charge >= 0.3 is 0 Å². The van der Waals surface area contributed by atoms with Gasteiger partial charge in [0.2, 0.25) is 0 Å². The van der Waals surface area contributed by atoms with E-state index in [0.29, 0.717) is 5.92 Å². The van der Waals surface area contributed by atoms with Gasteiger partial charge in [-0.1, -0.05) is 206 Å².